The van der Waals surface area contributed by atoms with Gasteiger partial charge in [0, 0.05) is 6.42 Å². The monoisotopic (exact) mass is 418 g/mol. The normalized spacial score (nSPS) is 17.7. The van der Waals surface area contributed by atoms with Crippen molar-refractivity contribution in [2.75, 3.05) is 39.4 Å². The molecule has 8 nitrogen and oxygen atoms in total. The minimum atomic E-state index is -1.27. The van der Waals surface area contributed by atoms with Gasteiger partial charge in [-0.25, -0.2) is 4.99 Å². The van der Waals surface area contributed by atoms with E-state index in [1.165, 1.54) is 32.1 Å². The van der Waals surface area contributed by atoms with Crippen LogP contribution in [0, 0.1) is 0 Å². The molecule has 0 saturated heterocycles. The predicted molar refractivity (Wildman–Crippen MR) is 92.5 cm³/mol. The van der Waals surface area contributed by atoms with Crippen molar-refractivity contribution >= 4 is 17.8 Å². The molecule has 1 atom stereocenters. The first-order valence-electron chi connectivity index (χ1n) is 9.37. The van der Waals surface area contributed by atoms with E-state index in [1.807, 2.05) is 0 Å². The topological polar surface area (TPSA) is 132 Å². The van der Waals surface area contributed by atoms with Crippen molar-refractivity contribution in [2.24, 2.45) is 4.99 Å². The molecule has 1 aliphatic heterocycles. The summed E-state index contributed by atoms with van der Waals surface area (Å²) < 4.78 is 5.27. The number of carbonyl (C=O) groups excluding carboxylic acids is 2. The average Bonchev–Trinajstić information content (AvgIpc) is 2.92. The molecular formula is C18H32N2Na2O6. The molecule has 0 radical (unpaired) electrons. The van der Waals surface area contributed by atoms with Gasteiger partial charge in [0.2, 0.25) is 0 Å². The molecule has 152 valence electrons. The number of aliphatic carboxylic acids is 2. The minimum absolute atomic E-state index is 0. The molecule has 0 aromatic heterocycles. The number of rotatable bonds is 15. The third kappa shape index (κ3) is 13.7. The van der Waals surface area contributed by atoms with Crippen LogP contribution in [0.1, 0.15) is 58.3 Å². The fourth-order valence-corrected chi connectivity index (χ4v) is 3.34. The number of nitrogens with zero attached hydrogens (tertiary/aromatic N) is 2. The standard InChI is InChI=1S/C18H32N2O5.2Na.H2O/c1-2-3-4-5-6-7-8-9-16-19-10-11-20(16,14-17(21)22)12-13-25-15-18(23)24;;;/h2-15H2,1H3,(H-,21,22,23,24);;;1H2/q;2*+1;/p-2. The van der Waals surface area contributed by atoms with E-state index in [1.54, 1.807) is 0 Å². The number of carbonyl (C=O) groups is 2. The van der Waals surface area contributed by atoms with Gasteiger partial charge >= 0.3 is 59.1 Å². The zero-order valence-electron chi connectivity index (χ0n) is 17.8. The maximum Gasteiger partial charge on any atom is 1.00 e. The SMILES string of the molecule is CCCCCCCCCC1=NCC[N+]1(CCOCC(=O)[O-])CC(=O)[O-].[Na+].[Na+].[OH-]. The maximum atomic E-state index is 11.2. The molecule has 0 amide bonds. The predicted octanol–water partition coefficient (Wildman–Crippen LogP) is -6.30. The molecule has 0 fully saturated rings. The minimum Gasteiger partial charge on any atom is -0.870 e. The molecule has 1 N–H and O–H groups in total. The Balaban J connectivity index is -0.00000208. The second kappa shape index (κ2) is 19.5. The van der Waals surface area contributed by atoms with Crippen molar-refractivity contribution in [3.63, 3.8) is 0 Å². The van der Waals surface area contributed by atoms with Crippen LogP contribution in [0.5, 0.6) is 0 Å². The van der Waals surface area contributed by atoms with Crippen LogP contribution in [0.3, 0.4) is 0 Å². The van der Waals surface area contributed by atoms with E-state index in [9.17, 15) is 19.8 Å². The van der Waals surface area contributed by atoms with Gasteiger partial charge in [-0.1, -0.05) is 45.4 Å². The number of hydrogen-bond donors (Lipinski definition) is 0. The van der Waals surface area contributed by atoms with Crippen molar-refractivity contribution in [2.45, 2.75) is 58.3 Å². The van der Waals surface area contributed by atoms with Crippen LogP contribution in [-0.4, -0.2) is 67.1 Å². The van der Waals surface area contributed by atoms with Crippen molar-refractivity contribution in [1.29, 1.82) is 0 Å². The van der Waals surface area contributed by atoms with Gasteiger partial charge in [0.15, 0.2) is 5.84 Å². The Morgan fingerprint density at radius 1 is 1.04 bits per heavy atom. The second-order valence-corrected chi connectivity index (χ2v) is 6.72. The number of unbranched alkanes of at least 4 members (excludes halogenated alkanes) is 6. The Bertz CT molecular complexity index is 465. The van der Waals surface area contributed by atoms with Crippen LogP contribution in [0.15, 0.2) is 4.99 Å². The smallest absolute Gasteiger partial charge is 0.870 e. The molecule has 0 saturated carbocycles. The van der Waals surface area contributed by atoms with E-state index in [0.717, 1.165) is 25.1 Å². The fourth-order valence-electron chi connectivity index (χ4n) is 3.34. The summed E-state index contributed by atoms with van der Waals surface area (Å²) in [6, 6.07) is 0. The van der Waals surface area contributed by atoms with Crippen molar-refractivity contribution in [3.8, 4) is 0 Å². The zero-order valence-corrected chi connectivity index (χ0v) is 21.8. The van der Waals surface area contributed by atoms with Crippen molar-refractivity contribution in [3.05, 3.63) is 0 Å². The Morgan fingerprint density at radius 2 is 1.64 bits per heavy atom. The van der Waals surface area contributed by atoms with E-state index < -0.39 is 18.5 Å². The Morgan fingerprint density at radius 3 is 2.21 bits per heavy atom. The van der Waals surface area contributed by atoms with Gasteiger partial charge in [0.25, 0.3) is 0 Å². The quantitative estimate of drug-likeness (QED) is 0.148. The number of quaternary nitrogens is 1. The molecule has 1 unspecified atom stereocenters. The van der Waals surface area contributed by atoms with Crippen LogP contribution in [0.25, 0.3) is 0 Å². The molecule has 0 spiro atoms. The summed E-state index contributed by atoms with van der Waals surface area (Å²) in [5.41, 5.74) is 0. The van der Waals surface area contributed by atoms with Gasteiger partial charge in [-0.15, -0.1) is 0 Å². The first-order chi connectivity index (χ1) is 12.0. The van der Waals surface area contributed by atoms with Crippen LogP contribution in [-0.2, 0) is 14.3 Å². The van der Waals surface area contributed by atoms with Crippen LogP contribution in [0.4, 0.5) is 0 Å². The summed E-state index contributed by atoms with van der Waals surface area (Å²) in [5.74, 6) is -1.51. The van der Waals surface area contributed by atoms with Gasteiger partial charge in [0.05, 0.1) is 31.7 Å². The number of aliphatic imine (C=N–C) groups is 1. The van der Waals surface area contributed by atoms with Gasteiger partial charge in [-0.3, -0.25) is 4.48 Å². The molecule has 1 heterocycles. The summed E-state index contributed by atoms with van der Waals surface area (Å²) in [7, 11) is 0. The average molecular weight is 418 g/mol. The summed E-state index contributed by atoms with van der Waals surface area (Å²) >= 11 is 0. The Kier molecular flexibility index (Phi) is 23.0. The van der Waals surface area contributed by atoms with Gasteiger partial charge in [0.1, 0.15) is 19.6 Å². The van der Waals surface area contributed by atoms with E-state index >= 15 is 0 Å². The van der Waals surface area contributed by atoms with E-state index in [2.05, 4.69) is 11.9 Å². The molecule has 0 bridgehead atoms. The number of hydrogen-bond acceptors (Lipinski definition) is 7. The summed E-state index contributed by atoms with van der Waals surface area (Å²) in [5, 5.41) is 21.6. The first kappa shape index (κ1) is 33.1. The molecular weight excluding hydrogens is 386 g/mol. The molecule has 10 heteroatoms. The third-order valence-electron chi connectivity index (χ3n) is 4.69. The third-order valence-corrected chi connectivity index (χ3v) is 4.69. The number of carboxylic acids is 2. The zero-order chi connectivity index (χ0) is 18.5. The summed E-state index contributed by atoms with van der Waals surface area (Å²) in [4.78, 5) is 26.1. The summed E-state index contributed by atoms with van der Waals surface area (Å²) in [6.45, 7) is 3.35. The molecule has 0 aromatic carbocycles. The first-order valence-corrected chi connectivity index (χ1v) is 9.37. The van der Waals surface area contributed by atoms with E-state index in [-0.39, 0.29) is 82.2 Å². The Labute approximate surface area is 212 Å². The van der Waals surface area contributed by atoms with Gasteiger partial charge in [-0.05, 0) is 6.42 Å². The maximum absolute atomic E-state index is 11.2. The van der Waals surface area contributed by atoms with E-state index in [0.29, 0.717) is 19.6 Å². The van der Waals surface area contributed by atoms with Crippen LogP contribution < -0.4 is 69.3 Å². The number of ether oxygens (including phenoxy) is 1. The fraction of sp³-hybridized carbons (Fsp3) is 0.833. The van der Waals surface area contributed by atoms with E-state index in [4.69, 9.17) is 4.74 Å². The summed E-state index contributed by atoms with van der Waals surface area (Å²) in [6.07, 6.45) is 9.13. The largest absolute Gasteiger partial charge is 1.00 e. The Hall–Kier alpha value is 0.490. The van der Waals surface area contributed by atoms with Crippen molar-refractivity contribution < 1.29 is 93.6 Å². The van der Waals surface area contributed by atoms with Crippen LogP contribution >= 0.6 is 0 Å². The van der Waals surface area contributed by atoms with Gasteiger partial charge < -0.3 is 30.0 Å². The molecule has 28 heavy (non-hydrogen) atoms. The number of amidine groups is 1. The molecule has 0 aromatic rings. The number of carboxylic acid groups (broad SMARTS) is 2. The molecule has 0 aliphatic carbocycles. The second-order valence-electron chi connectivity index (χ2n) is 6.72. The molecule has 1 aliphatic rings. The molecule has 1 rings (SSSR count). The van der Waals surface area contributed by atoms with Crippen molar-refractivity contribution in [1.82, 2.24) is 0 Å². The van der Waals surface area contributed by atoms with Crippen LogP contribution in [0.2, 0.25) is 0 Å². The van der Waals surface area contributed by atoms with Gasteiger partial charge in [-0.2, -0.15) is 0 Å².